The van der Waals surface area contributed by atoms with E-state index >= 15 is 0 Å². The van der Waals surface area contributed by atoms with Gasteiger partial charge < -0.3 is 24.8 Å². The monoisotopic (exact) mass is 513 g/mol. The van der Waals surface area contributed by atoms with Crippen molar-refractivity contribution in [2.45, 2.75) is 42.8 Å². The first-order valence-corrected chi connectivity index (χ1v) is 16.8. The van der Waals surface area contributed by atoms with Crippen LogP contribution in [-0.2, 0) is 33.9 Å². The molecule has 1 heterocycles. The molecule has 0 N–H and O–H groups in total. The third kappa shape index (κ3) is 4.06. The number of ether oxygens (including phenoxy) is 1. The second-order valence-electron chi connectivity index (χ2n) is 8.58. The summed E-state index contributed by atoms with van der Waals surface area (Å²) in [4.78, 5) is 0. The van der Waals surface area contributed by atoms with Gasteiger partial charge in [-0.25, -0.2) is 0 Å². The van der Waals surface area contributed by atoms with Crippen LogP contribution < -0.4 is 24.8 Å². The summed E-state index contributed by atoms with van der Waals surface area (Å²) in [6.45, 7) is 12.0. The van der Waals surface area contributed by atoms with Gasteiger partial charge in [0.25, 0.3) is 0 Å². The maximum atomic E-state index is 6.04. The number of allylic oxidation sites excluding steroid dienone is 4. The van der Waals surface area contributed by atoms with E-state index in [2.05, 4.69) is 63.1 Å². The molecule has 1 atom stereocenters. The van der Waals surface area contributed by atoms with Gasteiger partial charge in [-0.1, -0.05) is 0 Å². The SMILES string of the molecule is C[Si](C)(C)OCOC1=C(c2cccc3c2C2=C([CH]3[Zr+2])[Si]2(C)C)CC=C1.[Cl-].[Cl-]. The predicted octanol–water partition coefficient (Wildman–Crippen LogP) is -0.653. The van der Waals surface area contributed by atoms with Crippen molar-refractivity contribution in [2.24, 2.45) is 0 Å². The molecule has 0 bridgehead atoms. The first-order valence-electron chi connectivity index (χ1n) is 8.98. The molecule has 27 heavy (non-hydrogen) atoms. The summed E-state index contributed by atoms with van der Waals surface area (Å²) in [5.41, 5.74) is 5.86. The van der Waals surface area contributed by atoms with Gasteiger partial charge in [-0.15, -0.1) is 0 Å². The van der Waals surface area contributed by atoms with Crippen molar-refractivity contribution in [3.05, 3.63) is 58.0 Å². The molecule has 7 heteroatoms. The third-order valence-electron chi connectivity index (χ3n) is 5.37. The summed E-state index contributed by atoms with van der Waals surface area (Å²) in [7, 11) is -2.77. The molecule has 1 aromatic rings. The molecule has 2 nitrogen and oxygen atoms in total. The van der Waals surface area contributed by atoms with E-state index in [4.69, 9.17) is 9.16 Å². The zero-order valence-electron chi connectivity index (χ0n) is 16.5. The van der Waals surface area contributed by atoms with Crippen molar-refractivity contribution in [1.82, 2.24) is 0 Å². The fraction of sp³-hybridized carbons (Fsp3) is 0.400. The number of hydrogen-bond donors (Lipinski definition) is 0. The van der Waals surface area contributed by atoms with Gasteiger partial charge in [0, 0.05) is 0 Å². The van der Waals surface area contributed by atoms with Gasteiger partial charge in [0.1, 0.15) is 0 Å². The molecule has 1 unspecified atom stereocenters. The Morgan fingerprint density at radius 3 is 2.56 bits per heavy atom. The minimum atomic E-state index is -1.55. The van der Waals surface area contributed by atoms with E-state index in [9.17, 15) is 0 Å². The van der Waals surface area contributed by atoms with Crippen LogP contribution in [0.25, 0.3) is 10.8 Å². The molecule has 143 valence electrons. The Bertz CT molecular complexity index is 854. The van der Waals surface area contributed by atoms with Crippen LogP contribution in [0.3, 0.4) is 0 Å². The summed E-state index contributed by atoms with van der Waals surface area (Å²) in [5.74, 6) is 1.00. The zero-order chi connectivity index (χ0) is 18.0. The Morgan fingerprint density at radius 1 is 1.19 bits per heavy atom. The van der Waals surface area contributed by atoms with Crippen LogP contribution in [0.5, 0.6) is 0 Å². The zero-order valence-corrected chi connectivity index (χ0v) is 22.4. The van der Waals surface area contributed by atoms with Gasteiger partial charge in [0.15, 0.2) is 0 Å². The standard InChI is InChI=1S/C20H25O2Si2.2ClH.Zr/c1-23(2,3)22-13-21-17-11-7-9-15(17)16-10-6-8-14-12-18-20(19(14)16)24(18,4)5;;;/h6-8,10-12H,9,13H2,1-5H3;2*1H;/q;;;+2/p-2. The van der Waals surface area contributed by atoms with Crippen LogP contribution in [0.4, 0.5) is 0 Å². The molecular formula is C20H25Cl2O2Si2Zr. The number of benzene rings is 1. The van der Waals surface area contributed by atoms with Gasteiger partial charge in [-0.3, -0.25) is 0 Å². The molecule has 2 aliphatic carbocycles. The Hall–Kier alpha value is 0.0969. The molecule has 4 rings (SSSR count). The summed E-state index contributed by atoms with van der Waals surface area (Å²) in [6.07, 6.45) is 5.30. The number of rotatable bonds is 5. The number of fused-ring (bicyclic) bond motifs is 2. The topological polar surface area (TPSA) is 18.5 Å². The first kappa shape index (κ1) is 23.4. The smallest absolute Gasteiger partial charge is 1.00 e. The molecule has 0 aromatic heterocycles. The molecule has 1 aliphatic heterocycles. The van der Waals surface area contributed by atoms with Crippen molar-refractivity contribution in [1.29, 1.82) is 0 Å². The van der Waals surface area contributed by atoms with Crippen LogP contribution in [0.2, 0.25) is 32.7 Å². The van der Waals surface area contributed by atoms with E-state index in [-0.39, 0.29) is 24.8 Å². The van der Waals surface area contributed by atoms with Crippen LogP contribution >= 0.6 is 0 Å². The van der Waals surface area contributed by atoms with E-state index in [1.165, 1.54) is 11.1 Å². The van der Waals surface area contributed by atoms with Gasteiger partial charge in [0.05, 0.1) is 0 Å². The fourth-order valence-electron chi connectivity index (χ4n) is 4.08. The minimum absolute atomic E-state index is 0. The summed E-state index contributed by atoms with van der Waals surface area (Å²) >= 11 is 1.63. The Kier molecular flexibility index (Phi) is 7.00. The van der Waals surface area contributed by atoms with Crippen LogP contribution in [0.15, 0.2) is 41.3 Å². The van der Waals surface area contributed by atoms with Crippen LogP contribution in [0.1, 0.15) is 26.7 Å². The average Bonchev–Trinajstić information content (AvgIpc) is 2.86. The first-order chi connectivity index (χ1) is 11.7. The molecule has 0 radical (unpaired) electrons. The second-order valence-corrected chi connectivity index (χ2v) is 18.8. The Morgan fingerprint density at radius 2 is 1.89 bits per heavy atom. The van der Waals surface area contributed by atoms with Crippen molar-refractivity contribution in [3.8, 4) is 0 Å². The summed E-state index contributed by atoms with van der Waals surface area (Å²) in [5, 5.41) is 3.54. The maximum absolute atomic E-state index is 6.04. The fourth-order valence-corrected chi connectivity index (χ4v) is 12.2. The van der Waals surface area contributed by atoms with Crippen LogP contribution in [-0.4, -0.2) is 23.2 Å². The van der Waals surface area contributed by atoms with Gasteiger partial charge in [0.2, 0.25) is 0 Å². The van der Waals surface area contributed by atoms with Crippen molar-refractivity contribution >= 4 is 27.2 Å². The normalized spacial score (nSPS) is 21.5. The number of halogens is 2. The molecule has 0 saturated heterocycles. The average molecular weight is 516 g/mol. The second kappa shape index (κ2) is 8.08. The quantitative estimate of drug-likeness (QED) is 0.383. The van der Waals surface area contributed by atoms with Gasteiger partial charge >= 0.3 is 169 Å². The van der Waals surface area contributed by atoms with E-state index in [1.807, 2.05) is 5.20 Å². The largest absolute Gasteiger partial charge is 1.00 e. The maximum Gasteiger partial charge on any atom is -1.00 e. The van der Waals surface area contributed by atoms with E-state index in [1.54, 1.807) is 41.0 Å². The summed E-state index contributed by atoms with van der Waals surface area (Å²) < 4.78 is 12.6. The molecule has 1 aromatic carbocycles. The Labute approximate surface area is 192 Å². The summed E-state index contributed by atoms with van der Waals surface area (Å²) in [6, 6.07) is 6.87. The molecule has 0 fully saturated rings. The third-order valence-corrected chi connectivity index (χ3v) is 11.9. The van der Waals surface area contributed by atoms with Crippen molar-refractivity contribution in [2.75, 3.05) is 6.79 Å². The predicted molar refractivity (Wildman–Crippen MR) is 105 cm³/mol. The van der Waals surface area contributed by atoms with E-state index < -0.39 is 16.4 Å². The van der Waals surface area contributed by atoms with Crippen molar-refractivity contribution < 1.29 is 58.7 Å². The van der Waals surface area contributed by atoms with E-state index in [0.717, 1.165) is 12.2 Å². The van der Waals surface area contributed by atoms with Crippen LogP contribution in [0, 0.1) is 0 Å². The molecule has 0 saturated carbocycles. The van der Waals surface area contributed by atoms with Gasteiger partial charge in [-0.05, 0) is 0 Å². The minimum Gasteiger partial charge on any atom is -1.00 e. The molecular weight excluding hydrogens is 491 g/mol. The molecule has 0 spiro atoms. The Balaban J connectivity index is 0.00000131. The van der Waals surface area contributed by atoms with Crippen molar-refractivity contribution in [3.63, 3.8) is 0 Å². The molecule has 0 amide bonds. The van der Waals surface area contributed by atoms with Gasteiger partial charge in [-0.2, -0.15) is 0 Å². The van der Waals surface area contributed by atoms with E-state index in [0.29, 0.717) is 10.4 Å². The number of hydrogen-bond acceptors (Lipinski definition) is 2. The molecule has 3 aliphatic rings.